The molecule has 0 radical (unpaired) electrons. The van der Waals surface area contributed by atoms with Gasteiger partial charge in [-0.15, -0.1) is 0 Å². The third-order valence-electron chi connectivity index (χ3n) is 10.8. The maximum absolute atomic E-state index is 2.54. The van der Waals surface area contributed by atoms with Gasteiger partial charge in [-0.05, 0) is 128 Å². The second-order valence-electron chi connectivity index (χ2n) is 16.4. The highest BCUT2D eigenvalue weighted by molar-refractivity contribution is 5.96. The van der Waals surface area contributed by atoms with Gasteiger partial charge in [0.25, 0.3) is 0 Å². The molecular weight excluding hydrogens is 677 g/mol. The average Bonchev–Trinajstić information content (AvgIpc) is 3.22. The van der Waals surface area contributed by atoms with Crippen LogP contribution in [0.25, 0.3) is 44.2 Å². The van der Waals surface area contributed by atoms with E-state index in [1.54, 1.807) is 0 Å². The summed E-state index contributed by atoms with van der Waals surface area (Å²) in [6.07, 6.45) is 0.860. The van der Waals surface area contributed by atoms with Crippen LogP contribution in [0.3, 0.4) is 0 Å². The van der Waals surface area contributed by atoms with Gasteiger partial charge in [-0.3, -0.25) is 0 Å². The molecule has 0 unspecified atom stereocenters. The molecule has 0 heterocycles. The second kappa shape index (κ2) is 15.4. The van der Waals surface area contributed by atoms with Crippen LogP contribution in [0.1, 0.15) is 40.2 Å². The minimum Gasteiger partial charge on any atom is -0.336 e. The van der Waals surface area contributed by atoms with E-state index in [0.717, 1.165) is 6.42 Å². The second-order valence-corrected chi connectivity index (χ2v) is 16.4. The summed E-state index contributed by atoms with van der Waals surface area (Å²) in [4.78, 5) is 4.97. The summed E-state index contributed by atoms with van der Waals surface area (Å²) in [7, 11) is 0. The van der Waals surface area contributed by atoms with Crippen LogP contribution >= 0.6 is 0 Å². The van der Waals surface area contributed by atoms with Crippen LogP contribution in [0.2, 0.25) is 0 Å². The molecule has 0 spiro atoms. The highest BCUT2D eigenvalue weighted by Gasteiger charge is 2.30. The predicted molar refractivity (Wildman–Crippen MR) is 241 cm³/mol. The highest BCUT2D eigenvalue weighted by atomic mass is 15.2. The Morgan fingerprint density at radius 3 is 1.30 bits per heavy atom. The number of hydrogen-bond donors (Lipinski definition) is 0. The molecule has 0 aromatic heterocycles. The van der Waals surface area contributed by atoms with Gasteiger partial charge in [0.15, 0.2) is 0 Å². The fourth-order valence-electron chi connectivity index (χ4n) is 8.25. The number of hydrogen-bond acceptors (Lipinski definition) is 2. The van der Waals surface area contributed by atoms with Crippen molar-refractivity contribution in [1.29, 1.82) is 0 Å². The third-order valence-corrected chi connectivity index (χ3v) is 10.8. The Morgan fingerprint density at radius 2 is 0.768 bits per heavy atom. The van der Waals surface area contributed by atoms with E-state index in [-0.39, 0.29) is 11.1 Å². The van der Waals surface area contributed by atoms with Crippen molar-refractivity contribution < 1.29 is 0 Å². The molecule has 8 rings (SSSR count). The Balaban J connectivity index is 1.09. The monoisotopic (exact) mass is 726 g/mol. The maximum atomic E-state index is 2.54. The molecule has 0 bridgehead atoms. The van der Waals surface area contributed by atoms with Crippen LogP contribution in [0.4, 0.5) is 22.7 Å². The largest absolute Gasteiger partial charge is 0.336 e. The van der Waals surface area contributed by atoms with Gasteiger partial charge >= 0.3 is 0 Å². The molecule has 56 heavy (non-hydrogen) atoms. The molecule has 2 heteroatoms. The summed E-state index contributed by atoms with van der Waals surface area (Å²) < 4.78 is 0. The lowest BCUT2D eigenvalue weighted by molar-refractivity contribution is 0.503. The predicted octanol–water partition coefficient (Wildman–Crippen LogP) is 14.9. The van der Waals surface area contributed by atoms with E-state index in [2.05, 4.69) is 245 Å². The Morgan fingerprint density at radius 1 is 0.357 bits per heavy atom. The van der Waals surface area contributed by atoms with E-state index >= 15 is 0 Å². The zero-order chi connectivity index (χ0) is 38.7. The topological polar surface area (TPSA) is 6.48 Å². The van der Waals surface area contributed by atoms with Crippen LogP contribution < -0.4 is 9.80 Å². The number of nitrogens with zero attached hydrogens (tertiary/aromatic N) is 2. The normalized spacial score (nSPS) is 11.7. The lowest BCUT2D eigenvalue weighted by Gasteiger charge is -2.41. The Hall–Kier alpha value is -6.38. The molecule has 0 saturated carbocycles. The van der Waals surface area contributed by atoms with Crippen molar-refractivity contribution >= 4 is 33.5 Å². The summed E-state index contributed by atoms with van der Waals surface area (Å²) in [5, 5.41) is 2.49. The van der Waals surface area contributed by atoms with Gasteiger partial charge in [0, 0.05) is 39.2 Å². The number of rotatable bonds is 10. The first kappa shape index (κ1) is 36.6. The van der Waals surface area contributed by atoms with E-state index in [0.29, 0.717) is 0 Å². The van der Waals surface area contributed by atoms with Crippen molar-refractivity contribution in [3.8, 4) is 33.4 Å². The van der Waals surface area contributed by atoms with E-state index < -0.39 is 0 Å². The van der Waals surface area contributed by atoms with Gasteiger partial charge in [0.2, 0.25) is 0 Å². The van der Waals surface area contributed by atoms with E-state index in [1.165, 1.54) is 72.5 Å². The smallest absolute Gasteiger partial charge is 0.0495 e. The first-order valence-corrected chi connectivity index (χ1v) is 19.7. The minimum atomic E-state index is -0.260. The summed E-state index contributed by atoms with van der Waals surface area (Å²) in [6, 6.07) is 72.8. The quantitative estimate of drug-likeness (QED) is 0.138. The van der Waals surface area contributed by atoms with E-state index in [9.17, 15) is 0 Å². The molecule has 0 N–H and O–H groups in total. The van der Waals surface area contributed by atoms with Gasteiger partial charge < -0.3 is 9.80 Å². The van der Waals surface area contributed by atoms with Crippen molar-refractivity contribution in [3.05, 3.63) is 206 Å². The molecule has 0 fully saturated rings. The zero-order valence-electron chi connectivity index (χ0n) is 33.2. The molecule has 0 saturated heterocycles. The standard InChI is InChI=1S/C54H50N2/c1-53(2,3)55(48-32-26-43(27-33-48)41-17-8-6-9-18-41)49-34-30-45(31-35-49)47-23-14-16-40(38-47)39-54(4,5)56(52-25-15-22-46-21-12-13-24-51(46)52)50-36-28-44(29-37-50)42-19-10-7-11-20-42/h6-38H,39H2,1-5H3. The van der Waals surface area contributed by atoms with Crippen LogP contribution in [0.15, 0.2) is 200 Å². The van der Waals surface area contributed by atoms with Gasteiger partial charge in [-0.25, -0.2) is 0 Å². The zero-order valence-corrected chi connectivity index (χ0v) is 33.2. The van der Waals surface area contributed by atoms with Gasteiger partial charge in [0.05, 0.1) is 0 Å². The SMILES string of the molecule is CC(C)(C)N(c1ccc(-c2ccccc2)cc1)c1ccc(-c2cccc(CC(C)(C)N(c3ccc(-c4ccccc4)cc3)c3cccc4ccccc34)c2)cc1. The molecule has 0 amide bonds. The summed E-state index contributed by atoms with van der Waals surface area (Å²) in [5.41, 5.74) is 13.0. The fourth-order valence-corrected chi connectivity index (χ4v) is 8.25. The Labute approximate surface area is 333 Å². The molecule has 0 atom stereocenters. The van der Waals surface area contributed by atoms with E-state index in [1.807, 2.05) is 0 Å². The van der Waals surface area contributed by atoms with Gasteiger partial charge in [-0.1, -0.05) is 158 Å². The first-order valence-electron chi connectivity index (χ1n) is 19.7. The first-order chi connectivity index (χ1) is 27.1. The molecular formula is C54H50N2. The summed E-state index contributed by atoms with van der Waals surface area (Å²) in [6.45, 7) is 11.6. The average molecular weight is 727 g/mol. The minimum absolute atomic E-state index is 0.112. The highest BCUT2D eigenvalue weighted by Crippen LogP contribution is 2.41. The molecule has 2 nitrogen and oxygen atoms in total. The summed E-state index contributed by atoms with van der Waals surface area (Å²) in [5.74, 6) is 0. The van der Waals surface area contributed by atoms with Crippen LogP contribution in [-0.2, 0) is 6.42 Å². The molecule has 0 aliphatic carbocycles. The number of fused-ring (bicyclic) bond motifs is 1. The van der Waals surface area contributed by atoms with Crippen LogP contribution in [-0.4, -0.2) is 11.1 Å². The molecule has 276 valence electrons. The van der Waals surface area contributed by atoms with Crippen molar-refractivity contribution in [2.45, 2.75) is 52.1 Å². The van der Waals surface area contributed by atoms with Crippen molar-refractivity contribution in [1.82, 2.24) is 0 Å². The molecule has 8 aromatic rings. The summed E-state index contributed by atoms with van der Waals surface area (Å²) >= 11 is 0. The molecule has 0 aliphatic heterocycles. The van der Waals surface area contributed by atoms with Gasteiger partial charge in [-0.2, -0.15) is 0 Å². The molecule has 8 aromatic carbocycles. The lowest BCUT2D eigenvalue weighted by atomic mass is 9.89. The lowest BCUT2D eigenvalue weighted by Crippen LogP contribution is -2.42. The number of anilines is 4. The van der Waals surface area contributed by atoms with Gasteiger partial charge in [0.1, 0.15) is 0 Å². The third kappa shape index (κ3) is 7.74. The van der Waals surface area contributed by atoms with Crippen LogP contribution in [0, 0.1) is 0 Å². The Kier molecular flexibility index (Phi) is 10.1. The van der Waals surface area contributed by atoms with E-state index in [4.69, 9.17) is 0 Å². The fraction of sp³-hybridized carbons (Fsp3) is 0.148. The Bertz CT molecular complexity index is 2520. The molecule has 0 aliphatic rings. The van der Waals surface area contributed by atoms with Crippen molar-refractivity contribution in [3.63, 3.8) is 0 Å². The van der Waals surface area contributed by atoms with Crippen molar-refractivity contribution in [2.75, 3.05) is 9.80 Å². The van der Waals surface area contributed by atoms with Crippen LogP contribution in [0.5, 0.6) is 0 Å². The van der Waals surface area contributed by atoms with Crippen molar-refractivity contribution in [2.24, 2.45) is 0 Å². The maximum Gasteiger partial charge on any atom is 0.0495 e. The number of benzene rings is 8.